The van der Waals surface area contributed by atoms with Gasteiger partial charge in [-0.1, -0.05) is 13.8 Å². The minimum absolute atomic E-state index is 0.280. The number of halogens is 6. The third-order valence-electron chi connectivity index (χ3n) is 4.39. The van der Waals surface area contributed by atoms with Crippen molar-refractivity contribution in [1.29, 1.82) is 0 Å². The molecule has 0 saturated heterocycles. The van der Waals surface area contributed by atoms with E-state index in [1.54, 1.807) is 0 Å². The lowest BCUT2D eigenvalue weighted by molar-refractivity contribution is -0.162. The van der Waals surface area contributed by atoms with Crippen molar-refractivity contribution < 1.29 is 45.4 Å². The fourth-order valence-electron chi connectivity index (χ4n) is 2.48. The third kappa shape index (κ3) is 4.06. The predicted molar refractivity (Wildman–Crippen MR) is 86.9 cm³/mol. The van der Waals surface area contributed by atoms with Gasteiger partial charge in [-0.2, -0.15) is 8.78 Å². The standard InChI is InChI=1S/C19H14F6O4/c1-3-19(4-2,17(26)28-11-7-5-9(20)13(22)15(11)24)18(27)29-12-8-6-10(21)14(23)16(12)25/h5-8H,3-4H2,1-2H3. The van der Waals surface area contributed by atoms with Gasteiger partial charge in [0.15, 0.2) is 40.2 Å². The largest absolute Gasteiger partial charge is 0.422 e. The van der Waals surface area contributed by atoms with Crippen molar-refractivity contribution in [1.82, 2.24) is 0 Å². The van der Waals surface area contributed by atoms with Crippen LogP contribution in [0.15, 0.2) is 24.3 Å². The van der Waals surface area contributed by atoms with Crippen LogP contribution in [-0.2, 0) is 9.59 Å². The molecule has 0 fully saturated rings. The minimum Gasteiger partial charge on any atom is -0.422 e. The summed E-state index contributed by atoms with van der Waals surface area (Å²) >= 11 is 0. The van der Waals surface area contributed by atoms with E-state index in [1.807, 2.05) is 0 Å². The van der Waals surface area contributed by atoms with Crippen molar-refractivity contribution in [3.8, 4) is 11.5 Å². The number of carbonyl (C=O) groups is 2. The average Bonchev–Trinajstić information content (AvgIpc) is 2.70. The number of hydrogen-bond donors (Lipinski definition) is 0. The highest BCUT2D eigenvalue weighted by Gasteiger charge is 2.47. The van der Waals surface area contributed by atoms with Gasteiger partial charge in [-0.3, -0.25) is 9.59 Å². The Hall–Kier alpha value is -3.04. The van der Waals surface area contributed by atoms with Gasteiger partial charge in [0.05, 0.1) is 0 Å². The third-order valence-corrected chi connectivity index (χ3v) is 4.39. The molecule has 0 aliphatic heterocycles. The van der Waals surface area contributed by atoms with Crippen LogP contribution in [0, 0.1) is 40.3 Å². The van der Waals surface area contributed by atoms with Crippen LogP contribution in [0.4, 0.5) is 26.3 Å². The van der Waals surface area contributed by atoms with Crippen molar-refractivity contribution in [3.05, 3.63) is 59.2 Å². The summed E-state index contributed by atoms with van der Waals surface area (Å²) in [6, 6.07) is 2.30. The summed E-state index contributed by atoms with van der Waals surface area (Å²) in [6.45, 7) is 2.71. The van der Waals surface area contributed by atoms with E-state index in [4.69, 9.17) is 9.47 Å². The molecule has 156 valence electrons. The fourth-order valence-corrected chi connectivity index (χ4v) is 2.48. The van der Waals surface area contributed by atoms with E-state index in [0.717, 1.165) is 0 Å². The highest BCUT2D eigenvalue weighted by Crippen LogP contribution is 2.34. The van der Waals surface area contributed by atoms with E-state index < -0.39 is 63.8 Å². The van der Waals surface area contributed by atoms with Crippen LogP contribution in [0.3, 0.4) is 0 Å². The maximum absolute atomic E-state index is 13.8. The number of benzene rings is 2. The van der Waals surface area contributed by atoms with Gasteiger partial charge in [0.1, 0.15) is 0 Å². The number of rotatable bonds is 6. The second-order valence-electron chi connectivity index (χ2n) is 5.92. The first-order chi connectivity index (χ1) is 13.6. The second kappa shape index (κ2) is 8.54. The molecule has 2 rings (SSSR count). The van der Waals surface area contributed by atoms with Gasteiger partial charge in [-0.05, 0) is 37.1 Å². The molecule has 0 unspecified atom stereocenters. The first-order valence-corrected chi connectivity index (χ1v) is 8.30. The van der Waals surface area contributed by atoms with Crippen molar-refractivity contribution in [2.24, 2.45) is 5.41 Å². The van der Waals surface area contributed by atoms with E-state index in [9.17, 15) is 35.9 Å². The summed E-state index contributed by atoms with van der Waals surface area (Å²) in [5, 5.41) is 0. The highest BCUT2D eigenvalue weighted by atomic mass is 19.2. The molecular weight excluding hydrogens is 406 g/mol. The molecule has 0 radical (unpaired) electrons. The Morgan fingerprint density at radius 1 is 0.690 bits per heavy atom. The van der Waals surface area contributed by atoms with E-state index in [0.29, 0.717) is 24.3 Å². The Morgan fingerprint density at radius 3 is 1.34 bits per heavy atom. The van der Waals surface area contributed by atoms with Crippen LogP contribution >= 0.6 is 0 Å². The van der Waals surface area contributed by atoms with Crippen LogP contribution in [0.1, 0.15) is 26.7 Å². The molecule has 0 aliphatic rings. The molecule has 0 N–H and O–H groups in total. The molecule has 29 heavy (non-hydrogen) atoms. The average molecular weight is 420 g/mol. The van der Waals surface area contributed by atoms with Gasteiger partial charge in [-0.15, -0.1) is 0 Å². The van der Waals surface area contributed by atoms with E-state index in [-0.39, 0.29) is 12.8 Å². The topological polar surface area (TPSA) is 52.6 Å². The molecule has 0 spiro atoms. The SMILES string of the molecule is CCC(CC)(C(=O)Oc1ccc(F)c(F)c1F)C(=O)Oc1ccc(F)c(F)c1F. The predicted octanol–water partition coefficient (Wildman–Crippen LogP) is 4.84. The Labute approximate surface area is 161 Å². The monoisotopic (exact) mass is 420 g/mol. The lowest BCUT2D eigenvalue weighted by atomic mass is 9.82. The zero-order chi connectivity index (χ0) is 21.9. The van der Waals surface area contributed by atoms with Crippen molar-refractivity contribution in [3.63, 3.8) is 0 Å². The number of ether oxygens (including phenoxy) is 2. The first kappa shape index (κ1) is 22.3. The van der Waals surface area contributed by atoms with Gasteiger partial charge in [0.25, 0.3) is 0 Å². The molecule has 0 atom stereocenters. The molecule has 0 heterocycles. The second-order valence-corrected chi connectivity index (χ2v) is 5.92. The normalized spacial score (nSPS) is 11.3. The van der Waals surface area contributed by atoms with E-state index in [1.165, 1.54) is 13.8 Å². The van der Waals surface area contributed by atoms with Crippen molar-refractivity contribution >= 4 is 11.9 Å². The Balaban J connectivity index is 2.35. The van der Waals surface area contributed by atoms with Crippen LogP contribution in [-0.4, -0.2) is 11.9 Å². The summed E-state index contributed by atoms with van der Waals surface area (Å²) in [4.78, 5) is 25.1. The fraction of sp³-hybridized carbons (Fsp3) is 0.263. The van der Waals surface area contributed by atoms with Crippen molar-refractivity contribution in [2.45, 2.75) is 26.7 Å². The maximum Gasteiger partial charge on any atom is 0.328 e. The lowest BCUT2D eigenvalue weighted by Crippen LogP contribution is -2.44. The Morgan fingerprint density at radius 2 is 1.03 bits per heavy atom. The smallest absolute Gasteiger partial charge is 0.328 e. The molecule has 4 nitrogen and oxygen atoms in total. The van der Waals surface area contributed by atoms with Crippen molar-refractivity contribution in [2.75, 3.05) is 0 Å². The molecule has 2 aromatic rings. The summed E-state index contributed by atoms with van der Waals surface area (Å²) in [5.74, 6) is -15.1. The zero-order valence-electron chi connectivity index (χ0n) is 15.1. The van der Waals surface area contributed by atoms with Crippen LogP contribution in [0.5, 0.6) is 11.5 Å². The highest BCUT2D eigenvalue weighted by molar-refractivity contribution is 6.01. The zero-order valence-corrected chi connectivity index (χ0v) is 15.1. The van der Waals surface area contributed by atoms with Gasteiger partial charge in [-0.25, -0.2) is 17.6 Å². The molecule has 0 amide bonds. The molecule has 0 aromatic heterocycles. The number of esters is 2. The summed E-state index contributed by atoms with van der Waals surface area (Å²) in [7, 11) is 0. The van der Waals surface area contributed by atoms with Gasteiger partial charge in [0, 0.05) is 0 Å². The van der Waals surface area contributed by atoms with E-state index >= 15 is 0 Å². The van der Waals surface area contributed by atoms with Crippen LogP contribution in [0.25, 0.3) is 0 Å². The molecule has 2 aromatic carbocycles. The Kier molecular flexibility index (Phi) is 6.55. The number of hydrogen-bond acceptors (Lipinski definition) is 4. The summed E-state index contributed by atoms with van der Waals surface area (Å²) in [5.41, 5.74) is -2.12. The van der Waals surface area contributed by atoms with Gasteiger partial charge >= 0.3 is 11.9 Å². The molecule has 0 saturated carbocycles. The lowest BCUT2D eigenvalue weighted by Gasteiger charge is -2.26. The maximum atomic E-state index is 13.8. The summed E-state index contributed by atoms with van der Waals surface area (Å²) < 4.78 is 89.6. The van der Waals surface area contributed by atoms with Gasteiger partial charge < -0.3 is 9.47 Å². The molecule has 0 aliphatic carbocycles. The number of carbonyl (C=O) groups excluding carboxylic acids is 2. The van der Waals surface area contributed by atoms with E-state index in [2.05, 4.69) is 0 Å². The van der Waals surface area contributed by atoms with Crippen LogP contribution < -0.4 is 9.47 Å². The summed E-state index contributed by atoms with van der Waals surface area (Å²) in [6.07, 6.45) is -0.560. The minimum atomic E-state index is -2.12. The first-order valence-electron chi connectivity index (χ1n) is 8.30. The Bertz CT molecular complexity index is 883. The van der Waals surface area contributed by atoms with Gasteiger partial charge in [0.2, 0.25) is 11.6 Å². The molecular formula is C19H14F6O4. The quantitative estimate of drug-likeness (QED) is 0.221. The van der Waals surface area contributed by atoms with Crippen LogP contribution in [0.2, 0.25) is 0 Å². The molecule has 0 bridgehead atoms. The molecule has 10 heteroatoms.